The van der Waals surface area contributed by atoms with Crippen LogP contribution in [0, 0.1) is 12.8 Å². The van der Waals surface area contributed by atoms with Crippen molar-refractivity contribution in [3.8, 4) is 0 Å². The highest BCUT2D eigenvalue weighted by Gasteiger charge is 2.32. The van der Waals surface area contributed by atoms with E-state index in [4.69, 9.17) is 0 Å². The molecule has 1 aromatic carbocycles. The number of nitrogens with zero attached hydrogens (tertiary/aromatic N) is 3. The van der Waals surface area contributed by atoms with Crippen molar-refractivity contribution in [3.05, 3.63) is 48.2 Å². The number of nitrogens with one attached hydrogen (secondary N) is 1. The van der Waals surface area contributed by atoms with Gasteiger partial charge in [0.05, 0.1) is 16.8 Å². The van der Waals surface area contributed by atoms with E-state index in [9.17, 15) is 13.2 Å². The Morgan fingerprint density at radius 1 is 1.00 bits per heavy atom. The molecule has 2 aliphatic rings. The minimum atomic E-state index is -3.51. The topological polar surface area (TPSA) is 82.6 Å². The van der Waals surface area contributed by atoms with Gasteiger partial charge in [-0.2, -0.15) is 4.31 Å². The zero-order valence-electron chi connectivity index (χ0n) is 17.3. The standard InChI is InChI=1S/C22H28N4O3S/c1-17-4-7-20(8-5-17)30(28,29)26-14-10-18(11-15-26)22(27)24-19-6-9-21(23-16-19)25-12-2-3-13-25/h4-9,16,18H,2-3,10-15H2,1H3,(H,24,27). The van der Waals surface area contributed by atoms with Gasteiger partial charge in [-0.3, -0.25) is 4.79 Å². The first kappa shape index (κ1) is 20.8. The van der Waals surface area contributed by atoms with E-state index in [0.717, 1.165) is 24.5 Å². The number of aryl methyl sites for hydroxylation is 1. The molecule has 0 saturated carbocycles. The van der Waals surface area contributed by atoms with Crippen molar-refractivity contribution in [2.75, 3.05) is 36.4 Å². The van der Waals surface area contributed by atoms with Crippen LogP contribution in [0.4, 0.5) is 11.5 Å². The number of pyridine rings is 1. The summed E-state index contributed by atoms with van der Waals surface area (Å²) in [6, 6.07) is 10.7. The van der Waals surface area contributed by atoms with Gasteiger partial charge in [-0.05, 0) is 56.9 Å². The molecule has 0 spiro atoms. The van der Waals surface area contributed by atoms with E-state index in [1.54, 1.807) is 30.5 Å². The molecule has 1 amide bonds. The predicted molar refractivity (Wildman–Crippen MR) is 117 cm³/mol. The number of sulfonamides is 1. The molecule has 7 nitrogen and oxygen atoms in total. The Bertz CT molecular complexity index is 976. The van der Waals surface area contributed by atoms with Gasteiger partial charge in [0, 0.05) is 32.1 Å². The fraction of sp³-hybridized carbons (Fsp3) is 0.455. The van der Waals surface area contributed by atoms with Gasteiger partial charge in [0.25, 0.3) is 0 Å². The summed E-state index contributed by atoms with van der Waals surface area (Å²) in [6.07, 6.45) is 5.10. The van der Waals surface area contributed by atoms with Crippen molar-refractivity contribution < 1.29 is 13.2 Å². The number of amides is 1. The molecule has 2 fully saturated rings. The Labute approximate surface area is 178 Å². The number of benzene rings is 1. The fourth-order valence-corrected chi connectivity index (χ4v) is 5.52. The summed E-state index contributed by atoms with van der Waals surface area (Å²) in [4.78, 5) is 19.7. The average Bonchev–Trinajstić information content (AvgIpc) is 3.30. The average molecular weight is 429 g/mol. The number of carbonyl (C=O) groups is 1. The third kappa shape index (κ3) is 4.49. The molecule has 0 aliphatic carbocycles. The molecule has 2 aliphatic heterocycles. The molecule has 0 bridgehead atoms. The Balaban J connectivity index is 1.32. The van der Waals surface area contributed by atoms with E-state index in [-0.39, 0.29) is 11.8 Å². The monoisotopic (exact) mass is 428 g/mol. The van der Waals surface area contributed by atoms with Crippen LogP contribution in [0.2, 0.25) is 0 Å². The molecule has 1 N–H and O–H groups in total. The second kappa shape index (κ2) is 8.73. The largest absolute Gasteiger partial charge is 0.357 e. The van der Waals surface area contributed by atoms with Crippen LogP contribution in [0.1, 0.15) is 31.2 Å². The maximum absolute atomic E-state index is 12.8. The van der Waals surface area contributed by atoms with Gasteiger partial charge in [-0.15, -0.1) is 0 Å². The van der Waals surface area contributed by atoms with Crippen molar-refractivity contribution in [3.63, 3.8) is 0 Å². The van der Waals surface area contributed by atoms with E-state index < -0.39 is 10.0 Å². The number of hydrogen-bond acceptors (Lipinski definition) is 5. The Kier molecular flexibility index (Phi) is 6.06. The third-order valence-corrected chi connectivity index (χ3v) is 7.84. The first-order valence-electron chi connectivity index (χ1n) is 10.5. The minimum absolute atomic E-state index is 0.0712. The van der Waals surface area contributed by atoms with E-state index in [0.29, 0.717) is 36.5 Å². The quantitative estimate of drug-likeness (QED) is 0.792. The van der Waals surface area contributed by atoms with Crippen LogP contribution in [-0.4, -0.2) is 49.8 Å². The summed E-state index contributed by atoms with van der Waals surface area (Å²) in [5, 5.41) is 2.93. The van der Waals surface area contributed by atoms with Crippen LogP contribution < -0.4 is 10.2 Å². The molecular formula is C22H28N4O3S. The molecule has 1 aromatic heterocycles. The maximum Gasteiger partial charge on any atom is 0.243 e. The Hall–Kier alpha value is -2.45. The second-order valence-corrected chi connectivity index (χ2v) is 10.0. The van der Waals surface area contributed by atoms with E-state index in [1.807, 2.05) is 19.1 Å². The van der Waals surface area contributed by atoms with Crippen LogP contribution >= 0.6 is 0 Å². The molecular weight excluding hydrogens is 400 g/mol. The molecule has 0 radical (unpaired) electrons. The zero-order valence-corrected chi connectivity index (χ0v) is 18.1. The van der Waals surface area contributed by atoms with Gasteiger partial charge < -0.3 is 10.2 Å². The first-order valence-corrected chi connectivity index (χ1v) is 12.0. The molecule has 3 heterocycles. The summed E-state index contributed by atoms with van der Waals surface area (Å²) >= 11 is 0. The highest BCUT2D eigenvalue weighted by atomic mass is 32.2. The predicted octanol–water partition coefficient (Wildman–Crippen LogP) is 3.03. The van der Waals surface area contributed by atoms with Crippen LogP contribution in [-0.2, 0) is 14.8 Å². The van der Waals surface area contributed by atoms with Gasteiger partial charge in [-0.1, -0.05) is 17.7 Å². The van der Waals surface area contributed by atoms with Crippen LogP contribution in [0.3, 0.4) is 0 Å². The van der Waals surface area contributed by atoms with Gasteiger partial charge >= 0.3 is 0 Å². The minimum Gasteiger partial charge on any atom is -0.357 e. The summed E-state index contributed by atoms with van der Waals surface area (Å²) in [6.45, 7) is 4.68. The van der Waals surface area contributed by atoms with E-state index >= 15 is 0 Å². The number of hydrogen-bond donors (Lipinski definition) is 1. The number of anilines is 2. The van der Waals surface area contributed by atoms with Crippen molar-refractivity contribution in [2.24, 2.45) is 5.92 Å². The Morgan fingerprint density at radius 3 is 2.27 bits per heavy atom. The summed E-state index contributed by atoms with van der Waals surface area (Å²) in [5.74, 6) is 0.672. The summed E-state index contributed by atoms with van der Waals surface area (Å²) in [7, 11) is -3.51. The first-order chi connectivity index (χ1) is 14.4. The van der Waals surface area contributed by atoms with Crippen molar-refractivity contribution in [2.45, 2.75) is 37.5 Å². The van der Waals surface area contributed by atoms with Gasteiger partial charge in [0.15, 0.2) is 0 Å². The van der Waals surface area contributed by atoms with Crippen LogP contribution in [0.5, 0.6) is 0 Å². The second-order valence-electron chi connectivity index (χ2n) is 8.08. The number of piperidine rings is 1. The molecule has 160 valence electrons. The van der Waals surface area contributed by atoms with Crippen molar-refractivity contribution >= 4 is 27.4 Å². The van der Waals surface area contributed by atoms with E-state index in [1.165, 1.54) is 17.1 Å². The lowest BCUT2D eigenvalue weighted by Gasteiger charge is -2.30. The number of rotatable bonds is 5. The fourth-order valence-electron chi connectivity index (χ4n) is 4.06. The highest BCUT2D eigenvalue weighted by molar-refractivity contribution is 7.89. The summed E-state index contributed by atoms with van der Waals surface area (Å²) in [5.41, 5.74) is 1.70. The number of aromatic nitrogens is 1. The van der Waals surface area contributed by atoms with Gasteiger partial charge in [-0.25, -0.2) is 13.4 Å². The van der Waals surface area contributed by atoms with Crippen LogP contribution in [0.25, 0.3) is 0 Å². The molecule has 0 atom stereocenters. The highest BCUT2D eigenvalue weighted by Crippen LogP contribution is 2.25. The molecule has 30 heavy (non-hydrogen) atoms. The van der Waals surface area contributed by atoms with Crippen LogP contribution in [0.15, 0.2) is 47.5 Å². The smallest absolute Gasteiger partial charge is 0.243 e. The lowest BCUT2D eigenvalue weighted by Crippen LogP contribution is -2.41. The SMILES string of the molecule is Cc1ccc(S(=O)(=O)N2CCC(C(=O)Nc3ccc(N4CCCC4)nc3)CC2)cc1. The molecule has 2 aromatic rings. The zero-order chi connectivity index (χ0) is 21.1. The lowest BCUT2D eigenvalue weighted by molar-refractivity contribution is -0.120. The van der Waals surface area contributed by atoms with Gasteiger partial charge in [0.1, 0.15) is 5.82 Å². The molecule has 2 saturated heterocycles. The van der Waals surface area contributed by atoms with Crippen molar-refractivity contribution in [1.82, 2.24) is 9.29 Å². The van der Waals surface area contributed by atoms with E-state index in [2.05, 4.69) is 15.2 Å². The molecule has 4 rings (SSSR count). The molecule has 0 unspecified atom stereocenters. The lowest BCUT2D eigenvalue weighted by atomic mass is 9.97. The Morgan fingerprint density at radius 2 is 1.67 bits per heavy atom. The summed E-state index contributed by atoms with van der Waals surface area (Å²) < 4.78 is 27.1. The maximum atomic E-state index is 12.8. The third-order valence-electron chi connectivity index (χ3n) is 5.93. The normalized spacial score (nSPS) is 18.5. The molecule has 8 heteroatoms. The van der Waals surface area contributed by atoms with Crippen molar-refractivity contribution in [1.29, 1.82) is 0 Å². The van der Waals surface area contributed by atoms with Gasteiger partial charge in [0.2, 0.25) is 15.9 Å². The number of carbonyl (C=O) groups excluding carboxylic acids is 1.